The average Bonchev–Trinajstić information content (AvgIpc) is 2.34. The standard InChI is InChI=1S/C16H21FO/c1-12-9-15(17)8-7-14(12)11-16(18)10-13-5-3-2-4-6-13/h7-9,13H,2-6,10-11H2,1H3. The van der Waals surface area contributed by atoms with Gasteiger partial charge >= 0.3 is 0 Å². The fraction of sp³-hybridized carbons (Fsp3) is 0.562. The molecule has 1 saturated carbocycles. The predicted octanol–water partition coefficient (Wildman–Crippen LogP) is 4.22. The summed E-state index contributed by atoms with van der Waals surface area (Å²) in [5.74, 6) is 0.666. The van der Waals surface area contributed by atoms with Gasteiger partial charge in [-0.2, -0.15) is 0 Å². The van der Waals surface area contributed by atoms with Gasteiger partial charge in [-0.05, 0) is 36.1 Å². The predicted molar refractivity (Wildman–Crippen MR) is 71.0 cm³/mol. The quantitative estimate of drug-likeness (QED) is 0.779. The van der Waals surface area contributed by atoms with E-state index in [1.54, 1.807) is 6.07 Å². The van der Waals surface area contributed by atoms with E-state index in [-0.39, 0.29) is 5.82 Å². The van der Waals surface area contributed by atoms with Gasteiger partial charge in [0.05, 0.1) is 0 Å². The van der Waals surface area contributed by atoms with Crippen molar-refractivity contribution in [1.29, 1.82) is 0 Å². The highest BCUT2D eigenvalue weighted by atomic mass is 19.1. The normalized spacial score (nSPS) is 16.8. The molecule has 1 aromatic rings. The van der Waals surface area contributed by atoms with Crippen molar-refractivity contribution in [1.82, 2.24) is 0 Å². The molecule has 0 atom stereocenters. The summed E-state index contributed by atoms with van der Waals surface area (Å²) in [6.45, 7) is 1.87. The minimum absolute atomic E-state index is 0.226. The number of carbonyl (C=O) groups is 1. The zero-order chi connectivity index (χ0) is 13.0. The molecular formula is C16H21FO. The summed E-state index contributed by atoms with van der Waals surface area (Å²) in [5.41, 5.74) is 1.85. The van der Waals surface area contributed by atoms with Crippen LogP contribution in [0.25, 0.3) is 0 Å². The number of Topliss-reactive ketones (excluding diaryl/α,β-unsaturated/α-hetero) is 1. The smallest absolute Gasteiger partial charge is 0.137 e. The number of benzene rings is 1. The van der Waals surface area contributed by atoms with Crippen molar-refractivity contribution in [2.45, 2.75) is 51.9 Å². The highest BCUT2D eigenvalue weighted by Crippen LogP contribution is 2.27. The zero-order valence-electron chi connectivity index (χ0n) is 11.0. The lowest BCUT2D eigenvalue weighted by Crippen LogP contribution is -2.14. The number of carbonyl (C=O) groups excluding carboxylic acids is 1. The first-order valence-corrected chi connectivity index (χ1v) is 6.92. The lowest BCUT2D eigenvalue weighted by molar-refractivity contribution is -0.119. The second-order valence-electron chi connectivity index (χ2n) is 5.49. The molecule has 2 rings (SSSR count). The van der Waals surface area contributed by atoms with Gasteiger partial charge in [0.1, 0.15) is 11.6 Å². The molecule has 0 N–H and O–H groups in total. The molecule has 2 heteroatoms. The second kappa shape index (κ2) is 6.12. The van der Waals surface area contributed by atoms with E-state index in [4.69, 9.17) is 0 Å². The second-order valence-corrected chi connectivity index (χ2v) is 5.49. The van der Waals surface area contributed by atoms with Crippen LogP contribution in [-0.4, -0.2) is 5.78 Å². The van der Waals surface area contributed by atoms with Crippen molar-refractivity contribution in [3.8, 4) is 0 Å². The zero-order valence-corrected chi connectivity index (χ0v) is 11.0. The summed E-state index contributed by atoms with van der Waals surface area (Å²) in [6, 6.07) is 4.68. The fourth-order valence-electron chi connectivity index (χ4n) is 2.86. The van der Waals surface area contributed by atoms with E-state index < -0.39 is 0 Å². The van der Waals surface area contributed by atoms with Gasteiger partial charge in [-0.3, -0.25) is 4.79 Å². The van der Waals surface area contributed by atoms with Gasteiger partial charge in [-0.1, -0.05) is 38.2 Å². The molecule has 0 radical (unpaired) electrons. The Labute approximate surface area is 108 Å². The Morgan fingerprint density at radius 3 is 2.67 bits per heavy atom. The van der Waals surface area contributed by atoms with Crippen LogP contribution >= 0.6 is 0 Å². The molecule has 1 aliphatic carbocycles. The number of ketones is 1. The van der Waals surface area contributed by atoms with Crippen LogP contribution in [0, 0.1) is 18.7 Å². The van der Waals surface area contributed by atoms with Gasteiger partial charge in [0.15, 0.2) is 0 Å². The Morgan fingerprint density at radius 1 is 1.28 bits per heavy atom. The van der Waals surface area contributed by atoms with Crippen LogP contribution in [0.1, 0.15) is 49.7 Å². The SMILES string of the molecule is Cc1cc(F)ccc1CC(=O)CC1CCCCC1. The van der Waals surface area contributed by atoms with Crippen molar-refractivity contribution in [2.24, 2.45) is 5.92 Å². The van der Waals surface area contributed by atoms with E-state index in [0.29, 0.717) is 24.5 Å². The first kappa shape index (κ1) is 13.3. The molecule has 98 valence electrons. The monoisotopic (exact) mass is 248 g/mol. The number of aryl methyl sites for hydroxylation is 1. The third-order valence-corrected chi connectivity index (χ3v) is 3.93. The summed E-state index contributed by atoms with van der Waals surface area (Å²) in [5, 5.41) is 0. The molecule has 0 unspecified atom stereocenters. The minimum atomic E-state index is -0.226. The van der Waals surface area contributed by atoms with Crippen molar-refractivity contribution >= 4 is 5.78 Å². The van der Waals surface area contributed by atoms with Gasteiger partial charge < -0.3 is 0 Å². The average molecular weight is 248 g/mol. The number of hydrogen-bond acceptors (Lipinski definition) is 1. The maximum Gasteiger partial charge on any atom is 0.137 e. The molecule has 0 saturated heterocycles. The Bertz CT molecular complexity index is 419. The lowest BCUT2D eigenvalue weighted by Gasteiger charge is -2.20. The molecule has 0 aromatic heterocycles. The van der Waals surface area contributed by atoms with E-state index in [2.05, 4.69) is 0 Å². The van der Waals surface area contributed by atoms with Crippen LogP contribution in [0.3, 0.4) is 0 Å². The first-order valence-electron chi connectivity index (χ1n) is 6.92. The Morgan fingerprint density at radius 2 is 2.00 bits per heavy atom. The van der Waals surface area contributed by atoms with Gasteiger partial charge in [0.2, 0.25) is 0 Å². The lowest BCUT2D eigenvalue weighted by atomic mass is 9.85. The highest BCUT2D eigenvalue weighted by Gasteiger charge is 2.17. The van der Waals surface area contributed by atoms with Crippen molar-refractivity contribution in [3.05, 3.63) is 35.1 Å². The molecule has 0 spiro atoms. The fourth-order valence-corrected chi connectivity index (χ4v) is 2.86. The highest BCUT2D eigenvalue weighted by molar-refractivity contribution is 5.81. The van der Waals surface area contributed by atoms with Gasteiger partial charge in [-0.15, -0.1) is 0 Å². The van der Waals surface area contributed by atoms with Crippen LogP contribution in [0.15, 0.2) is 18.2 Å². The molecular weight excluding hydrogens is 227 g/mol. The van der Waals surface area contributed by atoms with Gasteiger partial charge in [0, 0.05) is 12.8 Å². The maximum atomic E-state index is 13.0. The van der Waals surface area contributed by atoms with Crippen molar-refractivity contribution in [2.75, 3.05) is 0 Å². The summed E-state index contributed by atoms with van der Waals surface area (Å²) < 4.78 is 13.0. The summed E-state index contributed by atoms with van der Waals surface area (Å²) >= 11 is 0. The topological polar surface area (TPSA) is 17.1 Å². The van der Waals surface area contributed by atoms with Crippen LogP contribution in [0.5, 0.6) is 0 Å². The van der Waals surface area contributed by atoms with E-state index in [1.165, 1.54) is 44.2 Å². The van der Waals surface area contributed by atoms with Crippen LogP contribution in [-0.2, 0) is 11.2 Å². The van der Waals surface area contributed by atoms with Crippen LogP contribution in [0.4, 0.5) is 4.39 Å². The van der Waals surface area contributed by atoms with Gasteiger partial charge in [0.25, 0.3) is 0 Å². The van der Waals surface area contributed by atoms with Crippen LogP contribution < -0.4 is 0 Å². The van der Waals surface area contributed by atoms with E-state index in [0.717, 1.165) is 11.1 Å². The largest absolute Gasteiger partial charge is 0.299 e. The third kappa shape index (κ3) is 3.66. The molecule has 18 heavy (non-hydrogen) atoms. The molecule has 0 amide bonds. The number of halogens is 1. The summed E-state index contributed by atoms with van der Waals surface area (Å²) in [4.78, 5) is 12.0. The Kier molecular flexibility index (Phi) is 4.51. The van der Waals surface area contributed by atoms with E-state index >= 15 is 0 Å². The third-order valence-electron chi connectivity index (χ3n) is 3.93. The molecule has 0 heterocycles. The summed E-state index contributed by atoms with van der Waals surface area (Å²) in [6.07, 6.45) is 7.44. The summed E-state index contributed by atoms with van der Waals surface area (Å²) in [7, 11) is 0. The Balaban J connectivity index is 1.90. The molecule has 1 aromatic carbocycles. The maximum absolute atomic E-state index is 13.0. The molecule has 1 aliphatic rings. The van der Waals surface area contributed by atoms with Gasteiger partial charge in [-0.25, -0.2) is 4.39 Å². The molecule has 1 fully saturated rings. The van der Waals surface area contributed by atoms with Crippen LogP contribution in [0.2, 0.25) is 0 Å². The Hall–Kier alpha value is -1.18. The number of rotatable bonds is 4. The first-order chi connectivity index (χ1) is 8.65. The van der Waals surface area contributed by atoms with Crippen molar-refractivity contribution < 1.29 is 9.18 Å². The van der Waals surface area contributed by atoms with E-state index in [9.17, 15) is 9.18 Å². The van der Waals surface area contributed by atoms with Crippen molar-refractivity contribution in [3.63, 3.8) is 0 Å². The molecule has 0 bridgehead atoms. The molecule has 0 aliphatic heterocycles. The molecule has 1 nitrogen and oxygen atoms in total. The number of hydrogen-bond donors (Lipinski definition) is 0. The van der Waals surface area contributed by atoms with E-state index in [1.807, 2.05) is 6.92 Å². The minimum Gasteiger partial charge on any atom is -0.299 e.